The zero-order valence-corrected chi connectivity index (χ0v) is 31.1. The fourth-order valence-electron chi connectivity index (χ4n) is 6.60. The molecule has 2 aromatic rings. The molecule has 0 aliphatic carbocycles. The number of anilines is 2. The van der Waals surface area contributed by atoms with E-state index in [2.05, 4.69) is 53.2 Å². The van der Waals surface area contributed by atoms with E-state index in [-0.39, 0.29) is 53.3 Å². The number of carbonyl (C=O) groups excluding carboxylic acids is 2. The van der Waals surface area contributed by atoms with Gasteiger partial charge in [0.05, 0.1) is 12.7 Å². The van der Waals surface area contributed by atoms with Crippen molar-refractivity contribution in [3.05, 3.63) is 46.2 Å². The molecule has 0 bridgehead atoms. The number of nitrogens with one attached hydrogen (secondary N) is 1. The standard InChI is InChI=1S/C36H59ClN8O6/c1-4-5-6-9-15-44(22-28(47)32(50)29(48)23-46)16-14-30(49)45-17-12-27(13-18-45)43(3)21-25(19-26-11-8-7-10-24(26)2)20-40-36(51)31-34(38)42-35(39)33(37)41-31/h7-8,10-11,25,27-29,32,46-48,50H,4-6,9,12-23H2,1-3H3,(H,40,51)(H4,38,39,42)/t25-,28+,29-,32-/m1/s1. The number of hydrogen-bond donors (Lipinski definition) is 7. The van der Waals surface area contributed by atoms with Crippen molar-refractivity contribution in [2.45, 2.75) is 89.6 Å². The molecule has 2 amide bonds. The van der Waals surface area contributed by atoms with E-state index in [1.54, 1.807) is 0 Å². The van der Waals surface area contributed by atoms with E-state index in [4.69, 9.17) is 28.2 Å². The fraction of sp³-hybridized carbons (Fsp3) is 0.667. The smallest absolute Gasteiger partial charge is 0.273 e. The topological polar surface area (TPSA) is 215 Å². The Kier molecular flexibility index (Phi) is 17.8. The van der Waals surface area contributed by atoms with Crippen molar-refractivity contribution in [3.63, 3.8) is 0 Å². The van der Waals surface area contributed by atoms with Crippen LogP contribution in [0.5, 0.6) is 0 Å². The second kappa shape index (κ2) is 21.4. The van der Waals surface area contributed by atoms with Crippen molar-refractivity contribution < 1.29 is 30.0 Å². The van der Waals surface area contributed by atoms with Crippen LogP contribution in [0.2, 0.25) is 5.15 Å². The molecule has 0 spiro atoms. The lowest BCUT2D eigenvalue weighted by molar-refractivity contribution is -0.133. The molecule has 51 heavy (non-hydrogen) atoms. The van der Waals surface area contributed by atoms with Crippen LogP contribution in [0.25, 0.3) is 0 Å². The first-order chi connectivity index (χ1) is 24.3. The number of unbranched alkanes of at least 4 members (excludes halogenated alkanes) is 3. The predicted molar refractivity (Wildman–Crippen MR) is 199 cm³/mol. The molecule has 0 unspecified atom stereocenters. The van der Waals surface area contributed by atoms with Crippen LogP contribution < -0.4 is 16.8 Å². The second-order valence-electron chi connectivity index (χ2n) is 13.8. The lowest BCUT2D eigenvalue weighted by atomic mass is 9.94. The summed E-state index contributed by atoms with van der Waals surface area (Å²) in [7, 11) is 2.09. The summed E-state index contributed by atoms with van der Waals surface area (Å²) >= 11 is 6.00. The SMILES string of the molecule is CCCCCCN(CCC(=O)N1CCC(N(C)C[C@@H](CNC(=O)c2nc(Cl)c(N)nc2N)Cc2ccccc2C)CC1)C[C@H](O)[C@@H](O)[C@H](O)CO. The summed E-state index contributed by atoms with van der Waals surface area (Å²) in [6.07, 6.45) is 2.62. The van der Waals surface area contributed by atoms with Crippen LogP contribution in [0.3, 0.4) is 0 Å². The maximum absolute atomic E-state index is 13.3. The van der Waals surface area contributed by atoms with E-state index in [9.17, 15) is 24.9 Å². The van der Waals surface area contributed by atoms with E-state index < -0.39 is 30.8 Å². The van der Waals surface area contributed by atoms with Crippen molar-refractivity contribution in [2.24, 2.45) is 5.92 Å². The fourth-order valence-corrected chi connectivity index (χ4v) is 6.73. The molecule has 1 aliphatic rings. The number of aryl methyl sites for hydroxylation is 1. The van der Waals surface area contributed by atoms with Gasteiger partial charge >= 0.3 is 0 Å². The molecule has 14 nitrogen and oxygen atoms in total. The van der Waals surface area contributed by atoms with Gasteiger partial charge in [0.25, 0.3) is 5.91 Å². The van der Waals surface area contributed by atoms with E-state index >= 15 is 0 Å². The Morgan fingerprint density at radius 1 is 1.02 bits per heavy atom. The minimum absolute atomic E-state index is 0.0373. The van der Waals surface area contributed by atoms with E-state index in [1.165, 1.54) is 11.1 Å². The molecule has 0 saturated carbocycles. The number of aromatic nitrogens is 2. The molecule has 1 aromatic heterocycles. The number of nitrogen functional groups attached to an aromatic ring is 2. The molecular weight excluding hydrogens is 676 g/mol. The summed E-state index contributed by atoms with van der Waals surface area (Å²) in [6.45, 7) is 7.09. The lowest BCUT2D eigenvalue weighted by Crippen LogP contribution is -2.49. The molecule has 1 aliphatic heterocycles. The number of likely N-dealkylation sites (tertiary alicyclic amines) is 1. The molecule has 2 heterocycles. The van der Waals surface area contributed by atoms with Gasteiger partial charge < -0.3 is 51.9 Å². The van der Waals surface area contributed by atoms with Gasteiger partial charge in [-0.2, -0.15) is 0 Å². The van der Waals surface area contributed by atoms with Crippen LogP contribution in [-0.4, -0.2) is 141 Å². The van der Waals surface area contributed by atoms with E-state index in [0.717, 1.165) is 44.9 Å². The summed E-state index contributed by atoms with van der Waals surface area (Å²) < 4.78 is 0. The summed E-state index contributed by atoms with van der Waals surface area (Å²) in [5.74, 6) is -0.486. The highest BCUT2D eigenvalue weighted by Crippen LogP contribution is 2.21. The molecule has 0 radical (unpaired) electrons. The van der Waals surface area contributed by atoms with Gasteiger partial charge in [-0.05, 0) is 63.2 Å². The summed E-state index contributed by atoms with van der Waals surface area (Å²) in [6, 6.07) is 8.45. The number of halogens is 1. The Morgan fingerprint density at radius 3 is 2.39 bits per heavy atom. The third-order valence-corrected chi connectivity index (χ3v) is 10.1. The normalized spacial score (nSPS) is 16.3. The minimum Gasteiger partial charge on any atom is -0.394 e. The number of amides is 2. The number of aliphatic hydroxyl groups excluding tert-OH is 4. The quantitative estimate of drug-likeness (QED) is 0.0909. The first kappa shape index (κ1) is 42.3. The largest absolute Gasteiger partial charge is 0.394 e. The van der Waals surface area contributed by atoms with Crippen molar-refractivity contribution in [2.75, 3.05) is 70.9 Å². The molecule has 286 valence electrons. The van der Waals surface area contributed by atoms with Gasteiger partial charge in [-0.1, -0.05) is 62.1 Å². The maximum Gasteiger partial charge on any atom is 0.273 e. The predicted octanol–water partition coefficient (Wildman–Crippen LogP) is 1.46. The zero-order chi connectivity index (χ0) is 37.5. The monoisotopic (exact) mass is 734 g/mol. The Morgan fingerprint density at radius 2 is 1.73 bits per heavy atom. The van der Waals surface area contributed by atoms with Gasteiger partial charge in [0, 0.05) is 51.7 Å². The highest BCUT2D eigenvalue weighted by molar-refractivity contribution is 6.31. The summed E-state index contributed by atoms with van der Waals surface area (Å²) in [5.41, 5.74) is 13.9. The zero-order valence-electron chi connectivity index (χ0n) is 30.4. The summed E-state index contributed by atoms with van der Waals surface area (Å²) in [5, 5.41) is 42.5. The van der Waals surface area contributed by atoms with Crippen molar-refractivity contribution in [1.82, 2.24) is 30.0 Å². The Bertz CT molecular complexity index is 1380. The number of benzene rings is 1. The second-order valence-corrected chi connectivity index (χ2v) is 14.2. The molecule has 9 N–H and O–H groups in total. The number of rotatable bonds is 21. The van der Waals surface area contributed by atoms with Gasteiger partial charge in [-0.25, -0.2) is 9.97 Å². The molecule has 3 rings (SSSR count). The number of carbonyl (C=O) groups is 2. The van der Waals surface area contributed by atoms with Gasteiger partial charge in [0.2, 0.25) is 5.91 Å². The number of piperidine rings is 1. The van der Waals surface area contributed by atoms with E-state index in [0.29, 0.717) is 39.3 Å². The van der Waals surface area contributed by atoms with Crippen LogP contribution in [0, 0.1) is 12.8 Å². The number of nitrogens with two attached hydrogens (primary N) is 2. The molecular formula is C36H59ClN8O6. The average molecular weight is 735 g/mol. The molecule has 1 saturated heterocycles. The minimum atomic E-state index is -1.47. The van der Waals surface area contributed by atoms with Crippen molar-refractivity contribution in [1.29, 1.82) is 0 Å². The third kappa shape index (κ3) is 13.4. The van der Waals surface area contributed by atoms with Crippen LogP contribution >= 0.6 is 11.6 Å². The van der Waals surface area contributed by atoms with Gasteiger partial charge in [0.1, 0.15) is 12.2 Å². The van der Waals surface area contributed by atoms with Crippen molar-refractivity contribution >= 4 is 35.1 Å². The highest BCUT2D eigenvalue weighted by atomic mass is 35.5. The first-order valence-electron chi connectivity index (χ1n) is 18.1. The molecule has 1 fully saturated rings. The average Bonchev–Trinajstić information content (AvgIpc) is 3.12. The van der Waals surface area contributed by atoms with Gasteiger partial charge in [-0.15, -0.1) is 0 Å². The van der Waals surface area contributed by atoms with Crippen LogP contribution in [0.1, 0.15) is 73.5 Å². The van der Waals surface area contributed by atoms with Gasteiger partial charge in [0.15, 0.2) is 22.5 Å². The third-order valence-electron chi connectivity index (χ3n) is 9.82. The Hall–Kier alpha value is -3.11. The maximum atomic E-state index is 13.3. The van der Waals surface area contributed by atoms with E-state index in [1.807, 2.05) is 21.9 Å². The highest BCUT2D eigenvalue weighted by Gasteiger charge is 2.29. The first-order valence-corrected chi connectivity index (χ1v) is 18.5. The molecule has 15 heteroatoms. The number of aliphatic hydroxyl groups is 4. The Balaban J connectivity index is 1.56. The van der Waals surface area contributed by atoms with Crippen LogP contribution in [0.4, 0.5) is 11.6 Å². The van der Waals surface area contributed by atoms with Crippen molar-refractivity contribution in [3.8, 4) is 0 Å². The Labute approximate surface area is 307 Å². The van der Waals surface area contributed by atoms with Gasteiger partial charge in [-0.3, -0.25) is 9.59 Å². The van der Waals surface area contributed by atoms with Crippen LogP contribution in [-0.2, 0) is 11.2 Å². The van der Waals surface area contributed by atoms with Crippen LogP contribution in [0.15, 0.2) is 24.3 Å². The lowest BCUT2D eigenvalue weighted by Gasteiger charge is -2.38. The number of hydrogen-bond acceptors (Lipinski definition) is 12. The molecule has 1 aromatic carbocycles. The molecule has 4 atom stereocenters. The summed E-state index contributed by atoms with van der Waals surface area (Å²) in [4.78, 5) is 40.5. The number of nitrogens with zero attached hydrogens (tertiary/aromatic N) is 5.